The van der Waals surface area contributed by atoms with E-state index in [1.54, 1.807) is 12.4 Å². The minimum Gasteiger partial charge on any atom is -0.396 e. The molecule has 0 atom stereocenters. The molecule has 6 heteroatoms. The van der Waals surface area contributed by atoms with Gasteiger partial charge in [0.25, 0.3) is 0 Å². The van der Waals surface area contributed by atoms with E-state index in [9.17, 15) is 4.79 Å². The van der Waals surface area contributed by atoms with Gasteiger partial charge < -0.3 is 16.8 Å². The Morgan fingerprint density at radius 3 is 2.69 bits per heavy atom. The van der Waals surface area contributed by atoms with Crippen LogP contribution in [0.15, 0.2) is 16.9 Å². The SMILES string of the molecule is CC(C)(CC(N)=O)Nc1c(N)cncc1Br. The van der Waals surface area contributed by atoms with Gasteiger partial charge in [0.15, 0.2) is 0 Å². The van der Waals surface area contributed by atoms with Gasteiger partial charge in [0.2, 0.25) is 5.91 Å². The average Bonchev–Trinajstić information content (AvgIpc) is 2.09. The first-order valence-electron chi connectivity index (χ1n) is 4.77. The van der Waals surface area contributed by atoms with Crippen LogP contribution in [0.4, 0.5) is 11.4 Å². The summed E-state index contributed by atoms with van der Waals surface area (Å²) in [6.07, 6.45) is 3.41. The van der Waals surface area contributed by atoms with Crippen molar-refractivity contribution < 1.29 is 4.79 Å². The van der Waals surface area contributed by atoms with E-state index >= 15 is 0 Å². The molecule has 5 N–H and O–H groups in total. The number of carbonyl (C=O) groups excluding carboxylic acids is 1. The van der Waals surface area contributed by atoms with Gasteiger partial charge in [-0.05, 0) is 29.8 Å². The Bertz CT molecular complexity index is 386. The van der Waals surface area contributed by atoms with Crippen LogP contribution in [0.2, 0.25) is 0 Å². The maximum Gasteiger partial charge on any atom is 0.219 e. The van der Waals surface area contributed by atoms with Gasteiger partial charge in [-0.2, -0.15) is 0 Å². The van der Waals surface area contributed by atoms with Crippen LogP contribution in [-0.2, 0) is 4.79 Å². The lowest BCUT2D eigenvalue weighted by atomic mass is 10.00. The Morgan fingerprint density at radius 1 is 1.56 bits per heavy atom. The third-order valence-corrected chi connectivity index (χ3v) is 2.61. The standard InChI is InChI=1S/C10H15BrN4O/c1-10(2,3-8(13)16)15-9-6(11)4-14-5-7(9)12/h4-5H,3,12H2,1-2H3,(H2,13,16)(H,14,15). The van der Waals surface area contributed by atoms with Crippen LogP contribution in [0.5, 0.6) is 0 Å². The topological polar surface area (TPSA) is 94.0 Å². The molecule has 0 radical (unpaired) electrons. The Kier molecular flexibility index (Phi) is 3.74. The van der Waals surface area contributed by atoms with Gasteiger partial charge in [-0.1, -0.05) is 0 Å². The molecule has 0 unspecified atom stereocenters. The molecule has 88 valence electrons. The number of anilines is 2. The van der Waals surface area contributed by atoms with Gasteiger partial charge in [-0.25, -0.2) is 0 Å². The third kappa shape index (κ3) is 3.37. The first-order valence-corrected chi connectivity index (χ1v) is 5.56. The highest BCUT2D eigenvalue weighted by molar-refractivity contribution is 9.10. The number of pyridine rings is 1. The van der Waals surface area contributed by atoms with E-state index < -0.39 is 5.54 Å². The molecule has 0 spiro atoms. The molecule has 0 aromatic carbocycles. The van der Waals surface area contributed by atoms with E-state index in [0.29, 0.717) is 5.69 Å². The second kappa shape index (κ2) is 4.69. The van der Waals surface area contributed by atoms with Crippen molar-refractivity contribution in [2.45, 2.75) is 25.8 Å². The van der Waals surface area contributed by atoms with Gasteiger partial charge in [0.1, 0.15) is 0 Å². The highest BCUT2D eigenvalue weighted by atomic mass is 79.9. The molecule has 0 fully saturated rings. The van der Waals surface area contributed by atoms with Crippen molar-refractivity contribution in [3.63, 3.8) is 0 Å². The summed E-state index contributed by atoms with van der Waals surface area (Å²) in [5, 5.41) is 3.17. The Labute approximate surface area is 103 Å². The third-order valence-electron chi connectivity index (χ3n) is 2.01. The fourth-order valence-corrected chi connectivity index (χ4v) is 1.85. The number of nitrogens with one attached hydrogen (secondary N) is 1. The maximum absolute atomic E-state index is 10.9. The number of rotatable bonds is 4. The zero-order chi connectivity index (χ0) is 12.3. The van der Waals surface area contributed by atoms with Gasteiger partial charge >= 0.3 is 0 Å². The molecule has 0 aliphatic carbocycles. The van der Waals surface area contributed by atoms with Gasteiger partial charge in [0.05, 0.1) is 22.0 Å². The van der Waals surface area contributed by atoms with Crippen LogP contribution in [0.1, 0.15) is 20.3 Å². The van der Waals surface area contributed by atoms with E-state index in [-0.39, 0.29) is 12.3 Å². The summed E-state index contributed by atoms with van der Waals surface area (Å²) in [7, 11) is 0. The van der Waals surface area contributed by atoms with E-state index in [0.717, 1.165) is 10.2 Å². The minimum atomic E-state index is -0.455. The number of nitrogens with zero attached hydrogens (tertiary/aromatic N) is 1. The van der Waals surface area contributed by atoms with Crippen molar-refractivity contribution in [2.75, 3.05) is 11.1 Å². The van der Waals surface area contributed by atoms with E-state index in [1.807, 2.05) is 13.8 Å². The highest BCUT2D eigenvalue weighted by Crippen LogP contribution is 2.30. The van der Waals surface area contributed by atoms with Crippen LogP contribution in [-0.4, -0.2) is 16.4 Å². The Morgan fingerprint density at radius 2 is 2.19 bits per heavy atom. The van der Waals surface area contributed by atoms with Crippen LogP contribution in [0.25, 0.3) is 0 Å². The fourth-order valence-electron chi connectivity index (χ4n) is 1.40. The summed E-state index contributed by atoms with van der Waals surface area (Å²) >= 11 is 3.34. The van der Waals surface area contributed by atoms with Crippen LogP contribution < -0.4 is 16.8 Å². The largest absolute Gasteiger partial charge is 0.396 e. The molecule has 5 nitrogen and oxygen atoms in total. The van der Waals surface area contributed by atoms with Gasteiger partial charge in [-0.3, -0.25) is 9.78 Å². The monoisotopic (exact) mass is 286 g/mol. The second-order valence-electron chi connectivity index (χ2n) is 4.24. The van der Waals surface area contributed by atoms with Crippen LogP contribution in [0, 0.1) is 0 Å². The minimum absolute atomic E-state index is 0.223. The molecular formula is C10H15BrN4O. The smallest absolute Gasteiger partial charge is 0.219 e. The number of aromatic nitrogens is 1. The van der Waals surface area contributed by atoms with Crippen LogP contribution >= 0.6 is 15.9 Å². The van der Waals surface area contributed by atoms with E-state index in [1.165, 1.54) is 0 Å². The number of hydrogen-bond donors (Lipinski definition) is 3. The van der Waals surface area contributed by atoms with Gasteiger partial charge in [0, 0.05) is 18.2 Å². The molecule has 1 aromatic rings. The number of hydrogen-bond acceptors (Lipinski definition) is 4. The number of halogens is 1. The van der Waals surface area contributed by atoms with Crippen molar-refractivity contribution in [3.8, 4) is 0 Å². The highest BCUT2D eigenvalue weighted by Gasteiger charge is 2.22. The molecule has 16 heavy (non-hydrogen) atoms. The van der Waals surface area contributed by atoms with Crippen molar-refractivity contribution in [2.24, 2.45) is 5.73 Å². The summed E-state index contributed by atoms with van der Waals surface area (Å²) < 4.78 is 0.755. The lowest BCUT2D eigenvalue weighted by Gasteiger charge is -2.27. The molecule has 0 bridgehead atoms. The second-order valence-corrected chi connectivity index (χ2v) is 5.09. The molecule has 0 aliphatic heterocycles. The average molecular weight is 287 g/mol. The lowest BCUT2D eigenvalue weighted by molar-refractivity contribution is -0.118. The Balaban J connectivity index is 2.91. The fraction of sp³-hybridized carbons (Fsp3) is 0.400. The van der Waals surface area contributed by atoms with Crippen LogP contribution in [0.3, 0.4) is 0 Å². The summed E-state index contributed by atoms with van der Waals surface area (Å²) in [6, 6.07) is 0. The first-order chi connectivity index (χ1) is 7.32. The number of nitrogens with two attached hydrogens (primary N) is 2. The molecular weight excluding hydrogens is 272 g/mol. The molecule has 1 amide bonds. The zero-order valence-electron chi connectivity index (χ0n) is 9.25. The predicted octanol–water partition coefficient (Wildman–Crippen LogP) is 1.49. The zero-order valence-corrected chi connectivity index (χ0v) is 10.8. The van der Waals surface area contributed by atoms with Crippen molar-refractivity contribution in [1.82, 2.24) is 4.98 Å². The van der Waals surface area contributed by atoms with Crippen molar-refractivity contribution in [1.29, 1.82) is 0 Å². The summed E-state index contributed by atoms with van der Waals surface area (Å²) in [6.45, 7) is 3.76. The number of amides is 1. The van der Waals surface area contributed by atoms with E-state index in [4.69, 9.17) is 11.5 Å². The number of nitrogen functional groups attached to an aromatic ring is 1. The summed E-state index contributed by atoms with van der Waals surface area (Å²) in [4.78, 5) is 14.8. The molecule has 0 aliphatic rings. The quantitative estimate of drug-likeness (QED) is 0.782. The molecule has 0 saturated carbocycles. The summed E-state index contributed by atoms with van der Waals surface area (Å²) in [5.74, 6) is -0.360. The van der Waals surface area contributed by atoms with Crippen molar-refractivity contribution in [3.05, 3.63) is 16.9 Å². The normalized spacial score (nSPS) is 11.2. The predicted molar refractivity (Wildman–Crippen MR) is 67.9 cm³/mol. The van der Waals surface area contributed by atoms with E-state index in [2.05, 4.69) is 26.2 Å². The molecule has 1 aromatic heterocycles. The molecule has 0 saturated heterocycles. The summed E-state index contributed by atoms with van der Waals surface area (Å²) in [5.41, 5.74) is 11.8. The van der Waals surface area contributed by atoms with Crippen molar-refractivity contribution >= 4 is 33.2 Å². The maximum atomic E-state index is 10.9. The lowest BCUT2D eigenvalue weighted by Crippen LogP contribution is -2.36. The number of carbonyl (C=O) groups is 1. The first kappa shape index (κ1) is 12.8. The van der Waals surface area contributed by atoms with Gasteiger partial charge in [-0.15, -0.1) is 0 Å². The molecule has 1 rings (SSSR count). The number of primary amides is 1. The Hall–Kier alpha value is -1.30. The molecule has 1 heterocycles.